The van der Waals surface area contributed by atoms with Gasteiger partial charge in [0.15, 0.2) is 4.34 Å². The standard InChI is InChI=1S/C10H17N3S2/c1-13-6-3-2-4-9(13)5-7-14-10-12-11-8-15-10/h8-9H,2-7H2,1H3/t9-/m0/s1. The number of aromatic nitrogens is 2. The lowest BCUT2D eigenvalue weighted by Gasteiger charge is -2.32. The normalized spacial score (nSPS) is 23.1. The van der Waals surface area contributed by atoms with Crippen LogP contribution in [0.3, 0.4) is 0 Å². The first kappa shape index (κ1) is 11.4. The van der Waals surface area contributed by atoms with E-state index in [1.54, 1.807) is 16.8 Å². The maximum absolute atomic E-state index is 4.04. The Morgan fingerprint density at radius 2 is 2.53 bits per heavy atom. The smallest absolute Gasteiger partial charge is 0.174 e. The van der Waals surface area contributed by atoms with Gasteiger partial charge in [-0.1, -0.05) is 29.5 Å². The van der Waals surface area contributed by atoms with Crippen LogP contribution in [0.1, 0.15) is 25.7 Å². The molecule has 0 bridgehead atoms. The molecule has 0 saturated carbocycles. The van der Waals surface area contributed by atoms with Crippen LogP contribution in [0.4, 0.5) is 0 Å². The van der Waals surface area contributed by atoms with Gasteiger partial charge in [0.2, 0.25) is 0 Å². The summed E-state index contributed by atoms with van der Waals surface area (Å²) in [6.45, 7) is 1.27. The van der Waals surface area contributed by atoms with E-state index < -0.39 is 0 Å². The molecule has 0 radical (unpaired) electrons. The molecule has 0 spiro atoms. The van der Waals surface area contributed by atoms with E-state index in [-0.39, 0.29) is 0 Å². The van der Waals surface area contributed by atoms with Crippen LogP contribution in [0.2, 0.25) is 0 Å². The Morgan fingerprint density at radius 1 is 1.60 bits per heavy atom. The number of piperidine rings is 1. The Labute approximate surface area is 99.3 Å². The summed E-state index contributed by atoms with van der Waals surface area (Å²) in [6.07, 6.45) is 5.42. The fourth-order valence-corrected chi connectivity index (χ4v) is 3.62. The lowest BCUT2D eigenvalue weighted by Crippen LogP contribution is -2.36. The summed E-state index contributed by atoms with van der Waals surface area (Å²) in [4.78, 5) is 2.50. The van der Waals surface area contributed by atoms with E-state index in [0.29, 0.717) is 0 Å². The van der Waals surface area contributed by atoms with E-state index in [4.69, 9.17) is 0 Å². The zero-order chi connectivity index (χ0) is 10.5. The average Bonchev–Trinajstić information content (AvgIpc) is 2.74. The Morgan fingerprint density at radius 3 is 3.27 bits per heavy atom. The van der Waals surface area contributed by atoms with Crippen molar-refractivity contribution >= 4 is 23.1 Å². The van der Waals surface area contributed by atoms with Gasteiger partial charge < -0.3 is 4.90 Å². The van der Waals surface area contributed by atoms with E-state index in [0.717, 1.165) is 10.4 Å². The lowest BCUT2D eigenvalue weighted by atomic mass is 10.0. The molecule has 1 aliphatic heterocycles. The monoisotopic (exact) mass is 243 g/mol. The van der Waals surface area contributed by atoms with Crippen molar-refractivity contribution in [2.24, 2.45) is 0 Å². The van der Waals surface area contributed by atoms with E-state index in [1.807, 2.05) is 11.8 Å². The zero-order valence-corrected chi connectivity index (χ0v) is 10.7. The van der Waals surface area contributed by atoms with Gasteiger partial charge in [0.05, 0.1) is 0 Å². The van der Waals surface area contributed by atoms with Gasteiger partial charge in [-0.15, -0.1) is 10.2 Å². The molecule has 15 heavy (non-hydrogen) atoms. The fraction of sp³-hybridized carbons (Fsp3) is 0.800. The Hall–Kier alpha value is -0.130. The molecule has 3 nitrogen and oxygen atoms in total. The van der Waals surface area contributed by atoms with Gasteiger partial charge >= 0.3 is 0 Å². The number of hydrogen-bond acceptors (Lipinski definition) is 5. The average molecular weight is 243 g/mol. The second kappa shape index (κ2) is 5.82. The van der Waals surface area contributed by atoms with Crippen LogP contribution in [0.15, 0.2) is 9.85 Å². The summed E-state index contributed by atoms with van der Waals surface area (Å²) in [5.41, 5.74) is 1.80. The molecule has 1 atom stereocenters. The molecule has 84 valence electrons. The molecule has 1 aromatic rings. The largest absolute Gasteiger partial charge is 0.303 e. The number of hydrogen-bond donors (Lipinski definition) is 0. The van der Waals surface area contributed by atoms with Crippen molar-refractivity contribution in [1.82, 2.24) is 15.1 Å². The highest BCUT2D eigenvalue weighted by Gasteiger charge is 2.18. The third kappa shape index (κ3) is 3.43. The van der Waals surface area contributed by atoms with Crippen LogP contribution in [0.5, 0.6) is 0 Å². The predicted octanol–water partition coefficient (Wildman–Crippen LogP) is 2.50. The highest BCUT2D eigenvalue weighted by molar-refractivity contribution is 8.00. The first-order valence-corrected chi connectivity index (χ1v) is 7.32. The van der Waals surface area contributed by atoms with Crippen LogP contribution < -0.4 is 0 Å². The highest BCUT2D eigenvalue weighted by atomic mass is 32.2. The van der Waals surface area contributed by atoms with Crippen LogP contribution in [0, 0.1) is 0 Å². The van der Waals surface area contributed by atoms with Crippen molar-refractivity contribution in [2.75, 3.05) is 19.3 Å². The zero-order valence-electron chi connectivity index (χ0n) is 9.06. The minimum atomic E-state index is 0.791. The number of thioether (sulfide) groups is 1. The molecule has 1 fully saturated rings. The van der Waals surface area contributed by atoms with Gasteiger partial charge in [-0.2, -0.15) is 0 Å². The molecule has 1 saturated heterocycles. The first-order valence-electron chi connectivity index (χ1n) is 5.45. The summed E-state index contributed by atoms with van der Waals surface area (Å²) >= 11 is 3.48. The lowest BCUT2D eigenvalue weighted by molar-refractivity contribution is 0.182. The molecule has 0 aliphatic carbocycles. The molecule has 1 aromatic heterocycles. The van der Waals surface area contributed by atoms with E-state index in [2.05, 4.69) is 22.1 Å². The van der Waals surface area contributed by atoms with Gasteiger partial charge in [-0.3, -0.25) is 0 Å². The second-order valence-corrected chi connectivity index (χ2v) is 6.15. The third-order valence-electron chi connectivity index (χ3n) is 2.94. The molecule has 1 aliphatic rings. The van der Waals surface area contributed by atoms with Crippen molar-refractivity contribution in [3.63, 3.8) is 0 Å². The fourth-order valence-electron chi connectivity index (χ4n) is 2.02. The van der Waals surface area contributed by atoms with Crippen molar-refractivity contribution in [2.45, 2.75) is 36.1 Å². The molecule has 0 amide bonds. The summed E-state index contributed by atoms with van der Waals surface area (Å²) in [7, 11) is 2.25. The van der Waals surface area contributed by atoms with E-state index in [1.165, 1.54) is 38.0 Å². The number of nitrogens with zero attached hydrogens (tertiary/aromatic N) is 3. The number of likely N-dealkylation sites (tertiary alicyclic amines) is 1. The molecule has 0 unspecified atom stereocenters. The van der Waals surface area contributed by atoms with Gasteiger partial charge in [0, 0.05) is 11.8 Å². The van der Waals surface area contributed by atoms with Crippen molar-refractivity contribution < 1.29 is 0 Å². The topological polar surface area (TPSA) is 29.0 Å². The maximum Gasteiger partial charge on any atom is 0.174 e. The molecular formula is C10H17N3S2. The highest BCUT2D eigenvalue weighted by Crippen LogP contribution is 2.24. The quantitative estimate of drug-likeness (QED) is 0.760. The summed E-state index contributed by atoms with van der Waals surface area (Å²) < 4.78 is 1.11. The second-order valence-electron chi connectivity index (χ2n) is 3.97. The summed E-state index contributed by atoms with van der Waals surface area (Å²) in [5.74, 6) is 1.17. The minimum Gasteiger partial charge on any atom is -0.303 e. The molecule has 2 rings (SSSR count). The van der Waals surface area contributed by atoms with Gasteiger partial charge in [-0.25, -0.2) is 0 Å². The summed E-state index contributed by atoms with van der Waals surface area (Å²) in [5, 5.41) is 7.88. The molecular weight excluding hydrogens is 226 g/mol. The predicted molar refractivity (Wildman–Crippen MR) is 65.5 cm³/mol. The maximum atomic E-state index is 4.04. The van der Waals surface area contributed by atoms with Crippen molar-refractivity contribution in [1.29, 1.82) is 0 Å². The van der Waals surface area contributed by atoms with Crippen LogP contribution >= 0.6 is 23.1 Å². The van der Waals surface area contributed by atoms with Crippen LogP contribution in [0.25, 0.3) is 0 Å². The van der Waals surface area contributed by atoms with Gasteiger partial charge in [0.25, 0.3) is 0 Å². The van der Waals surface area contributed by atoms with E-state index >= 15 is 0 Å². The summed E-state index contributed by atoms with van der Waals surface area (Å²) in [6, 6.07) is 0.791. The van der Waals surface area contributed by atoms with E-state index in [9.17, 15) is 0 Å². The van der Waals surface area contributed by atoms with Crippen molar-refractivity contribution in [3.8, 4) is 0 Å². The van der Waals surface area contributed by atoms with Crippen LogP contribution in [-0.4, -0.2) is 40.5 Å². The van der Waals surface area contributed by atoms with Crippen LogP contribution in [-0.2, 0) is 0 Å². The number of rotatable bonds is 4. The Bertz CT molecular complexity index is 276. The minimum absolute atomic E-state index is 0.791. The first-order chi connectivity index (χ1) is 7.36. The molecule has 2 heterocycles. The Balaban J connectivity index is 1.68. The molecule has 5 heteroatoms. The van der Waals surface area contributed by atoms with Gasteiger partial charge in [0.1, 0.15) is 5.51 Å². The Kier molecular flexibility index (Phi) is 4.41. The SMILES string of the molecule is CN1CCCC[C@H]1CCSc1nncs1. The molecule has 0 N–H and O–H groups in total. The molecule has 0 aromatic carbocycles. The third-order valence-corrected chi connectivity index (χ3v) is 4.83. The van der Waals surface area contributed by atoms with Gasteiger partial charge in [-0.05, 0) is 32.9 Å². The van der Waals surface area contributed by atoms with Crippen molar-refractivity contribution in [3.05, 3.63) is 5.51 Å².